The molecule has 0 spiro atoms. The van der Waals surface area contributed by atoms with Crippen LogP contribution in [0.25, 0.3) is 0 Å². The molecule has 1 aromatic carbocycles. The van der Waals surface area contributed by atoms with Gasteiger partial charge in [0.2, 0.25) is 0 Å². The molecule has 1 N–H and O–H groups in total. The largest absolute Gasteiger partial charge is 0.335 e. The zero-order chi connectivity index (χ0) is 12.7. The van der Waals surface area contributed by atoms with E-state index in [4.69, 9.17) is 23.2 Å². The molecule has 96 valence electrons. The summed E-state index contributed by atoms with van der Waals surface area (Å²) in [5, 5.41) is 4.64. The molecule has 1 heterocycles. The van der Waals surface area contributed by atoms with Crippen LogP contribution in [-0.4, -0.2) is 17.0 Å². The van der Waals surface area contributed by atoms with Crippen LogP contribution in [0.15, 0.2) is 17.1 Å². The van der Waals surface area contributed by atoms with Crippen molar-refractivity contribution in [1.29, 1.82) is 0 Å². The van der Waals surface area contributed by atoms with Gasteiger partial charge in [0.1, 0.15) is 0 Å². The lowest BCUT2D eigenvalue weighted by Gasteiger charge is -2.09. The Morgan fingerprint density at radius 3 is 2.56 bits per heavy atom. The summed E-state index contributed by atoms with van der Waals surface area (Å²) in [4.78, 5) is 4.44. The summed E-state index contributed by atoms with van der Waals surface area (Å²) in [6, 6.07) is 3.05. The molecule has 0 amide bonds. The third kappa shape index (κ3) is 2.60. The molecule has 18 heavy (non-hydrogen) atoms. The highest BCUT2D eigenvalue weighted by Crippen LogP contribution is 2.42. The van der Waals surface area contributed by atoms with Crippen molar-refractivity contribution in [3.8, 4) is 0 Å². The Labute approximate surface area is 119 Å². The number of hydrogen-bond donors (Lipinski definition) is 1. The Kier molecular flexibility index (Phi) is 3.43. The molecular weight excluding hydrogens is 294 g/mol. The molecule has 0 saturated heterocycles. The number of nitrogens with zero attached hydrogens (tertiary/aromatic N) is 1. The van der Waals surface area contributed by atoms with Crippen LogP contribution in [0.2, 0.25) is 10.0 Å². The zero-order valence-corrected chi connectivity index (χ0v) is 11.7. The molecule has 1 saturated carbocycles. The molecule has 0 aromatic heterocycles. The third-order valence-corrected chi connectivity index (χ3v) is 4.90. The van der Waals surface area contributed by atoms with Crippen molar-refractivity contribution < 1.29 is 4.39 Å². The predicted octanol–water partition coefficient (Wildman–Crippen LogP) is 4.43. The van der Waals surface area contributed by atoms with Crippen molar-refractivity contribution in [2.45, 2.75) is 18.1 Å². The third-order valence-electron chi connectivity index (χ3n) is 3.06. The minimum atomic E-state index is -0.583. The maximum absolute atomic E-state index is 13.3. The smallest absolute Gasteiger partial charge is 0.161 e. The standard InChI is InChI=1S/C12H11Cl2FN2S/c13-8-3-7(4-9(14)11(8)15)17-12-16-5-10(18-12)6-1-2-6/h3-4,6,10H,1-2,5H2,(H,16,17). The maximum Gasteiger partial charge on any atom is 0.161 e. The number of amidine groups is 1. The zero-order valence-electron chi connectivity index (χ0n) is 9.42. The highest BCUT2D eigenvalue weighted by molar-refractivity contribution is 8.15. The summed E-state index contributed by atoms with van der Waals surface area (Å²) in [7, 11) is 0. The summed E-state index contributed by atoms with van der Waals surface area (Å²) < 4.78 is 13.3. The first-order valence-corrected chi connectivity index (χ1v) is 7.39. The van der Waals surface area contributed by atoms with Gasteiger partial charge in [0.05, 0.1) is 16.6 Å². The first kappa shape index (κ1) is 12.6. The minimum Gasteiger partial charge on any atom is -0.335 e. The molecule has 1 atom stereocenters. The number of nitrogens with one attached hydrogen (secondary N) is 1. The van der Waals surface area contributed by atoms with Crippen LogP contribution in [0.4, 0.5) is 10.1 Å². The van der Waals surface area contributed by atoms with E-state index in [9.17, 15) is 4.39 Å². The summed E-state index contributed by atoms with van der Waals surface area (Å²) in [5.74, 6) is 0.235. The van der Waals surface area contributed by atoms with Crippen LogP contribution < -0.4 is 5.32 Å². The van der Waals surface area contributed by atoms with Gasteiger partial charge < -0.3 is 5.32 Å². The van der Waals surface area contributed by atoms with Gasteiger partial charge in [0, 0.05) is 10.9 Å². The lowest BCUT2D eigenvalue weighted by Crippen LogP contribution is -2.09. The number of halogens is 3. The predicted molar refractivity (Wildman–Crippen MR) is 76.4 cm³/mol. The molecule has 1 aliphatic heterocycles. The lowest BCUT2D eigenvalue weighted by molar-refractivity contribution is 0.629. The maximum atomic E-state index is 13.3. The fraction of sp³-hybridized carbons (Fsp3) is 0.417. The van der Waals surface area contributed by atoms with Crippen LogP contribution in [0, 0.1) is 11.7 Å². The Bertz CT molecular complexity index is 494. The first-order valence-electron chi connectivity index (χ1n) is 5.76. The van der Waals surface area contributed by atoms with Crippen LogP contribution in [0.3, 0.4) is 0 Å². The highest BCUT2D eigenvalue weighted by Gasteiger charge is 2.35. The fourth-order valence-electron chi connectivity index (χ4n) is 1.92. The van der Waals surface area contributed by atoms with Crippen molar-refractivity contribution in [1.82, 2.24) is 0 Å². The molecule has 2 aliphatic rings. The average Bonchev–Trinajstić information content (AvgIpc) is 3.08. The molecule has 1 fully saturated rings. The van der Waals surface area contributed by atoms with E-state index in [-0.39, 0.29) is 10.0 Å². The van der Waals surface area contributed by atoms with Gasteiger partial charge in [0.25, 0.3) is 0 Å². The van der Waals surface area contributed by atoms with Gasteiger partial charge in [-0.3, -0.25) is 4.99 Å². The Morgan fingerprint density at radius 2 is 1.94 bits per heavy atom. The molecule has 1 aliphatic carbocycles. The number of thioether (sulfide) groups is 1. The number of hydrogen-bond acceptors (Lipinski definition) is 3. The van der Waals surface area contributed by atoms with E-state index in [2.05, 4.69) is 10.3 Å². The van der Waals surface area contributed by atoms with E-state index < -0.39 is 5.82 Å². The van der Waals surface area contributed by atoms with Crippen molar-refractivity contribution in [2.75, 3.05) is 11.9 Å². The molecule has 0 bridgehead atoms. The summed E-state index contributed by atoms with van der Waals surface area (Å²) in [6.07, 6.45) is 2.63. The van der Waals surface area contributed by atoms with Crippen molar-refractivity contribution in [3.05, 3.63) is 28.0 Å². The van der Waals surface area contributed by atoms with Crippen molar-refractivity contribution in [3.63, 3.8) is 0 Å². The second-order valence-electron chi connectivity index (χ2n) is 4.52. The lowest BCUT2D eigenvalue weighted by atomic mass is 10.3. The Morgan fingerprint density at radius 1 is 1.28 bits per heavy atom. The van der Waals surface area contributed by atoms with E-state index in [1.54, 1.807) is 11.8 Å². The monoisotopic (exact) mass is 304 g/mol. The van der Waals surface area contributed by atoms with Crippen LogP contribution in [-0.2, 0) is 0 Å². The fourth-order valence-corrected chi connectivity index (χ4v) is 3.64. The van der Waals surface area contributed by atoms with E-state index in [1.807, 2.05) is 0 Å². The average molecular weight is 305 g/mol. The van der Waals surface area contributed by atoms with Crippen LogP contribution >= 0.6 is 35.0 Å². The van der Waals surface area contributed by atoms with E-state index in [0.29, 0.717) is 10.9 Å². The molecule has 3 rings (SSSR count). The summed E-state index contributed by atoms with van der Waals surface area (Å²) in [5.41, 5.74) is 0.675. The second kappa shape index (κ2) is 4.91. The van der Waals surface area contributed by atoms with Crippen LogP contribution in [0.1, 0.15) is 12.8 Å². The SMILES string of the molecule is Fc1c(Cl)cc(NC2=NCC(C3CC3)S2)cc1Cl. The van der Waals surface area contributed by atoms with E-state index >= 15 is 0 Å². The molecular formula is C12H11Cl2FN2S. The Hall–Kier alpha value is -0.450. The molecule has 6 heteroatoms. The molecule has 2 nitrogen and oxygen atoms in total. The summed E-state index contributed by atoms with van der Waals surface area (Å²) in [6.45, 7) is 0.861. The van der Waals surface area contributed by atoms with Crippen molar-refractivity contribution >= 4 is 45.8 Å². The van der Waals surface area contributed by atoms with Crippen molar-refractivity contribution in [2.24, 2.45) is 10.9 Å². The van der Waals surface area contributed by atoms with Gasteiger partial charge in [-0.2, -0.15) is 0 Å². The second-order valence-corrected chi connectivity index (χ2v) is 6.56. The highest BCUT2D eigenvalue weighted by atomic mass is 35.5. The number of rotatable bonds is 2. The van der Waals surface area contributed by atoms with Crippen LogP contribution in [0.5, 0.6) is 0 Å². The van der Waals surface area contributed by atoms with Gasteiger partial charge in [-0.1, -0.05) is 35.0 Å². The van der Waals surface area contributed by atoms with Gasteiger partial charge in [-0.25, -0.2) is 4.39 Å². The first-order chi connectivity index (χ1) is 8.63. The van der Waals surface area contributed by atoms with Gasteiger partial charge in [0.15, 0.2) is 11.0 Å². The number of anilines is 1. The number of benzene rings is 1. The molecule has 1 unspecified atom stereocenters. The topological polar surface area (TPSA) is 24.4 Å². The quantitative estimate of drug-likeness (QED) is 0.818. The van der Waals surface area contributed by atoms with Gasteiger partial charge >= 0.3 is 0 Å². The van der Waals surface area contributed by atoms with Gasteiger partial charge in [-0.05, 0) is 30.9 Å². The normalized spacial score (nSPS) is 23.1. The molecule has 0 radical (unpaired) electrons. The molecule has 1 aromatic rings. The minimum absolute atomic E-state index is 0.0207. The van der Waals surface area contributed by atoms with E-state index in [0.717, 1.165) is 17.6 Å². The van der Waals surface area contributed by atoms with Gasteiger partial charge in [-0.15, -0.1) is 0 Å². The van der Waals surface area contributed by atoms with E-state index in [1.165, 1.54) is 25.0 Å². The summed E-state index contributed by atoms with van der Waals surface area (Å²) >= 11 is 13.2. The Balaban J connectivity index is 1.69. The number of aliphatic imine (C=N–C) groups is 1.